The zero-order valence-electron chi connectivity index (χ0n) is 12.5. The predicted octanol–water partition coefficient (Wildman–Crippen LogP) is 3.04. The van der Waals surface area contributed by atoms with E-state index in [1.165, 1.54) is 0 Å². The van der Waals surface area contributed by atoms with Gasteiger partial charge in [0.15, 0.2) is 0 Å². The smallest absolute Gasteiger partial charge is 0.136 e. The van der Waals surface area contributed by atoms with E-state index in [4.69, 9.17) is 5.73 Å². The highest BCUT2D eigenvalue weighted by Gasteiger charge is 2.25. The molecule has 1 heterocycles. The Hall–Kier alpha value is -1.81. The van der Waals surface area contributed by atoms with Crippen LogP contribution in [-0.4, -0.2) is 28.7 Å². The first-order valence-electron chi connectivity index (χ1n) is 7.79. The van der Waals surface area contributed by atoms with Gasteiger partial charge in [0, 0.05) is 30.2 Å². The van der Waals surface area contributed by atoms with E-state index >= 15 is 0 Å². The van der Waals surface area contributed by atoms with E-state index in [-0.39, 0.29) is 0 Å². The molecule has 4 heteroatoms. The van der Waals surface area contributed by atoms with Crippen LogP contribution in [0.1, 0.15) is 32.6 Å². The van der Waals surface area contributed by atoms with Crippen molar-refractivity contribution in [2.75, 3.05) is 11.4 Å². The summed E-state index contributed by atoms with van der Waals surface area (Å²) in [4.78, 5) is 6.97. The molecule has 3 N–H and O–H groups in total. The Kier molecular flexibility index (Phi) is 3.97. The molecule has 0 amide bonds. The first-order valence-corrected chi connectivity index (χ1v) is 7.79. The van der Waals surface area contributed by atoms with Crippen LogP contribution in [0.5, 0.6) is 5.75 Å². The number of nitrogens with two attached hydrogens (primary N) is 1. The number of hydrogen-bond acceptors (Lipinski definition) is 4. The molecule has 21 heavy (non-hydrogen) atoms. The molecule has 1 aliphatic carbocycles. The number of aromatic hydroxyl groups is 1. The second-order valence-electron chi connectivity index (χ2n) is 5.89. The molecule has 3 rings (SSSR count). The van der Waals surface area contributed by atoms with Gasteiger partial charge in [0.2, 0.25) is 0 Å². The van der Waals surface area contributed by atoms with Crippen LogP contribution in [-0.2, 0) is 0 Å². The Morgan fingerprint density at radius 3 is 2.71 bits per heavy atom. The maximum Gasteiger partial charge on any atom is 0.136 e. The summed E-state index contributed by atoms with van der Waals surface area (Å²) in [6.45, 7) is 3.08. The van der Waals surface area contributed by atoms with Gasteiger partial charge in [-0.2, -0.15) is 0 Å². The van der Waals surface area contributed by atoms with Crippen molar-refractivity contribution in [3.63, 3.8) is 0 Å². The van der Waals surface area contributed by atoms with Gasteiger partial charge < -0.3 is 15.7 Å². The first-order chi connectivity index (χ1) is 10.2. The number of hydrogen-bond donors (Lipinski definition) is 2. The maximum atomic E-state index is 9.79. The van der Waals surface area contributed by atoms with Crippen LogP contribution in [0.3, 0.4) is 0 Å². The van der Waals surface area contributed by atoms with Crippen molar-refractivity contribution in [3.8, 4) is 5.75 Å². The van der Waals surface area contributed by atoms with Gasteiger partial charge in [0.05, 0.1) is 0 Å². The molecular formula is C17H23N3O. The number of fused-ring (bicyclic) bond motifs is 1. The highest BCUT2D eigenvalue weighted by Crippen LogP contribution is 2.32. The minimum atomic E-state index is 0.290. The third kappa shape index (κ3) is 2.81. The van der Waals surface area contributed by atoms with Gasteiger partial charge in [-0.15, -0.1) is 0 Å². The van der Waals surface area contributed by atoms with E-state index in [0.29, 0.717) is 17.8 Å². The second-order valence-corrected chi connectivity index (χ2v) is 5.89. The quantitative estimate of drug-likeness (QED) is 0.910. The van der Waals surface area contributed by atoms with Crippen molar-refractivity contribution in [2.24, 2.45) is 5.73 Å². The van der Waals surface area contributed by atoms with Crippen molar-refractivity contribution >= 4 is 16.6 Å². The number of anilines is 1. The Balaban J connectivity index is 1.98. The number of aromatic nitrogens is 1. The largest absolute Gasteiger partial charge is 0.508 e. The molecule has 4 nitrogen and oxygen atoms in total. The molecule has 0 spiro atoms. The summed E-state index contributed by atoms with van der Waals surface area (Å²) in [6.07, 6.45) is 6.25. The van der Waals surface area contributed by atoms with Gasteiger partial charge >= 0.3 is 0 Å². The van der Waals surface area contributed by atoms with Crippen LogP contribution in [0, 0.1) is 0 Å². The topological polar surface area (TPSA) is 62.4 Å². The standard InChI is InChI=1S/C17H23N3O/c1-2-20(14-6-4-13(18)5-7-14)17-16-11-15(21)8-3-12(16)9-10-19-17/h3,8-11,13-14,21H,2,4-7,18H2,1H3. The van der Waals surface area contributed by atoms with E-state index in [2.05, 4.69) is 16.8 Å². The molecule has 112 valence electrons. The zero-order valence-corrected chi connectivity index (χ0v) is 12.5. The van der Waals surface area contributed by atoms with E-state index < -0.39 is 0 Å². The summed E-state index contributed by atoms with van der Waals surface area (Å²) in [7, 11) is 0. The summed E-state index contributed by atoms with van der Waals surface area (Å²) in [5.74, 6) is 1.27. The van der Waals surface area contributed by atoms with E-state index in [9.17, 15) is 5.11 Å². The number of rotatable bonds is 3. The van der Waals surface area contributed by atoms with E-state index in [1.807, 2.05) is 24.4 Å². The molecule has 1 aliphatic rings. The molecule has 1 aromatic carbocycles. The predicted molar refractivity (Wildman–Crippen MR) is 86.7 cm³/mol. The summed E-state index contributed by atoms with van der Waals surface area (Å²) in [6, 6.07) is 8.32. The fourth-order valence-electron chi connectivity index (χ4n) is 3.36. The van der Waals surface area contributed by atoms with Gasteiger partial charge in [-0.05, 0) is 56.2 Å². The van der Waals surface area contributed by atoms with Crippen LogP contribution in [0.4, 0.5) is 5.82 Å². The van der Waals surface area contributed by atoms with Gasteiger partial charge in [-0.1, -0.05) is 6.07 Å². The highest BCUT2D eigenvalue weighted by molar-refractivity contribution is 5.93. The fraction of sp³-hybridized carbons (Fsp3) is 0.471. The molecule has 0 radical (unpaired) electrons. The lowest BCUT2D eigenvalue weighted by Gasteiger charge is -2.36. The highest BCUT2D eigenvalue weighted by atomic mass is 16.3. The number of benzene rings is 1. The van der Waals surface area contributed by atoms with Crippen LogP contribution in [0.25, 0.3) is 10.8 Å². The molecule has 1 aromatic heterocycles. The number of phenolic OH excluding ortho intramolecular Hbond substituents is 1. The Bertz CT molecular complexity index is 620. The second kappa shape index (κ2) is 5.90. The van der Waals surface area contributed by atoms with Crippen molar-refractivity contribution in [2.45, 2.75) is 44.7 Å². The fourth-order valence-corrected chi connectivity index (χ4v) is 3.36. The van der Waals surface area contributed by atoms with Crippen molar-refractivity contribution < 1.29 is 5.11 Å². The number of nitrogens with zero attached hydrogens (tertiary/aromatic N) is 2. The minimum absolute atomic E-state index is 0.290. The molecule has 0 unspecified atom stereocenters. The zero-order chi connectivity index (χ0) is 14.8. The van der Waals surface area contributed by atoms with Gasteiger partial charge in [-0.3, -0.25) is 0 Å². The Morgan fingerprint density at radius 2 is 2.00 bits per heavy atom. The average Bonchev–Trinajstić information content (AvgIpc) is 2.50. The number of phenols is 1. The Labute approximate surface area is 125 Å². The summed E-state index contributed by atoms with van der Waals surface area (Å²) < 4.78 is 0. The lowest BCUT2D eigenvalue weighted by atomic mass is 9.90. The SMILES string of the molecule is CCN(c1nccc2ccc(O)cc12)C1CCC(N)CC1. The first kappa shape index (κ1) is 14.1. The molecule has 1 saturated carbocycles. The number of pyridine rings is 1. The Morgan fingerprint density at radius 1 is 1.24 bits per heavy atom. The van der Waals surface area contributed by atoms with Crippen LogP contribution in [0.15, 0.2) is 30.5 Å². The lowest BCUT2D eigenvalue weighted by molar-refractivity contribution is 0.377. The van der Waals surface area contributed by atoms with Gasteiger partial charge in [0.1, 0.15) is 11.6 Å². The van der Waals surface area contributed by atoms with Crippen LogP contribution in [0.2, 0.25) is 0 Å². The van der Waals surface area contributed by atoms with Crippen molar-refractivity contribution in [1.82, 2.24) is 4.98 Å². The third-order valence-corrected chi connectivity index (χ3v) is 4.52. The lowest BCUT2D eigenvalue weighted by Crippen LogP contribution is -2.41. The molecule has 1 fully saturated rings. The third-order valence-electron chi connectivity index (χ3n) is 4.52. The average molecular weight is 285 g/mol. The normalized spacial score (nSPS) is 22.4. The van der Waals surface area contributed by atoms with Crippen LogP contribution < -0.4 is 10.6 Å². The van der Waals surface area contributed by atoms with Crippen molar-refractivity contribution in [3.05, 3.63) is 30.5 Å². The monoisotopic (exact) mass is 285 g/mol. The summed E-state index contributed by atoms with van der Waals surface area (Å²) >= 11 is 0. The van der Waals surface area contributed by atoms with Gasteiger partial charge in [0.25, 0.3) is 0 Å². The van der Waals surface area contributed by atoms with E-state index in [1.54, 1.807) is 6.07 Å². The summed E-state index contributed by atoms with van der Waals surface area (Å²) in [5, 5.41) is 11.9. The van der Waals surface area contributed by atoms with E-state index in [0.717, 1.165) is 48.8 Å². The molecule has 0 atom stereocenters. The molecule has 2 aromatic rings. The minimum Gasteiger partial charge on any atom is -0.508 e. The molecule has 0 bridgehead atoms. The summed E-state index contributed by atoms with van der Waals surface area (Å²) in [5.41, 5.74) is 6.02. The maximum absolute atomic E-state index is 9.79. The van der Waals surface area contributed by atoms with Crippen molar-refractivity contribution in [1.29, 1.82) is 0 Å². The van der Waals surface area contributed by atoms with Gasteiger partial charge in [-0.25, -0.2) is 4.98 Å². The molecular weight excluding hydrogens is 262 g/mol. The molecule has 0 aliphatic heterocycles. The van der Waals surface area contributed by atoms with Crippen LogP contribution >= 0.6 is 0 Å². The molecule has 0 saturated heterocycles.